The average molecular weight is 276 g/mol. The van der Waals surface area contributed by atoms with Crippen molar-refractivity contribution in [1.82, 2.24) is 4.90 Å². The second kappa shape index (κ2) is 7.17. The molecule has 1 atom stereocenters. The van der Waals surface area contributed by atoms with Gasteiger partial charge in [0, 0.05) is 24.3 Å². The highest BCUT2D eigenvalue weighted by atomic mass is 16.5. The number of rotatable bonds is 5. The Morgan fingerprint density at radius 1 is 1.45 bits per heavy atom. The quantitative estimate of drug-likeness (QED) is 0.841. The van der Waals surface area contributed by atoms with Crippen LogP contribution in [-0.4, -0.2) is 30.0 Å². The number of hydrogen-bond acceptors (Lipinski definition) is 3. The normalized spacial score (nSPS) is 18.9. The Balaban J connectivity index is 1.89. The van der Waals surface area contributed by atoms with Crippen LogP contribution in [0.3, 0.4) is 0 Å². The molecule has 4 heteroatoms. The molecule has 1 saturated heterocycles. The summed E-state index contributed by atoms with van der Waals surface area (Å²) in [5.74, 6) is 0.743. The van der Waals surface area contributed by atoms with E-state index < -0.39 is 0 Å². The third-order valence-corrected chi connectivity index (χ3v) is 3.79. The molecule has 0 spiro atoms. The fraction of sp³-hybridized carbons (Fsp3) is 0.562. The Bertz CT molecular complexity index is 446. The molecule has 2 rings (SSSR count). The van der Waals surface area contributed by atoms with E-state index in [-0.39, 0.29) is 12.5 Å². The number of benzene rings is 1. The lowest BCUT2D eigenvalue weighted by molar-refractivity contribution is -0.137. The van der Waals surface area contributed by atoms with Crippen LogP contribution in [0.4, 0.5) is 5.69 Å². The van der Waals surface area contributed by atoms with Gasteiger partial charge >= 0.3 is 0 Å². The van der Waals surface area contributed by atoms with Crippen LogP contribution >= 0.6 is 0 Å². The van der Waals surface area contributed by atoms with Crippen molar-refractivity contribution in [2.75, 3.05) is 18.9 Å². The first kappa shape index (κ1) is 14.7. The van der Waals surface area contributed by atoms with E-state index in [1.54, 1.807) is 12.1 Å². The van der Waals surface area contributed by atoms with Crippen molar-refractivity contribution in [3.8, 4) is 5.75 Å². The van der Waals surface area contributed by atoms with E-state index in [1.165, 1.54) is 6.42 Å². The summed E-state index contributed by atoms with van der Waals surface area (Å²) >= 11 is 0. The lowest BCUT2D eigenvalue weighted by atomic mass is 9.98. The van der Waals surface area contributed by atoms with E-state index in [0.717, 1.165) is 32.2 Å². The third-order valence-electron chi connectivity index (χ3n) is 3.79. The maximum Gasteiger partial charge on any atom is 0.260 e. The molecule has 1 aromatic carbocycles. The molecule has 1 aromatic rings. The number of piperidine rings is 1. The summed E-state index contributed by atoms with van der Waals surface area (Å²) in [5.41, 5.74) is 6.34. The van der Waals surface area contributed by atoms with Gasteiger partial charge in [0.2, 0.25) is 0 Å². The maximum atomic E-state index is 12.3. The summed E-state index contributed by atoms with van der Waals surface area (Å²) in [5, 5.41) is 0. The van der Waals surface area contributed by atoms with Crippen LogP contribution in [0, 0.1) is 0 Å². The summed E-state index contributed by atoms with van der Waals surface area (Å²) < 4.78 is 5.56. The molecule has 2 N–H and O–H groups in total. The van der Waals surface area contributed by atoms with Gasteiger partial charge in [-0.15, -0.1) is 0 Å². The van der Waals surface area contributed by atoms with Crippen molar-refractivity contribution in [3.05, 3.63) is 24.3 Å². The largest absolute Gasteiger partial charge is 0.484 e. The van der Waals surface area contributed by atoms with E-state index >= 15 is 0 Å². The van der Waals surface area contributed by atoms with Crippen molar-refractivity contribution in [1.29, 1.82) is 0 Å². The smallest absolute Gasteiger partial charge is 0.260 e. The number of likely N-dealkylation sites (tertiary alicyclic amines) is 1. The second-order valence-electron chi connectivity index (χ2n) is 5.39. The maximum absolute atomic E-state index is 12.3. The Labute approximate surface area is 120 Å². The lowest BCUT2D eigenvalue weighted by Crippen LogP contribution is -2.45. The molecule has 0 saturated carbocycles. The number of anilines is 1. The van der Waals surface area contributed by atoms with E-state index in [0.29, 0.717) is 17.5 Å². The molecule has 0 aromatic heterocycles. The number of amides is 1. The highest BCUT2D eigenvalue weighted by molar-refractivity contribution is 5.78. The molecule has 0 radical (unpaired) electrons. The minimum Gasteiger partial charge on any atom is -0.484 e. The van der Waals surface area contributed by atoms with Gasteiger partial charge in [-0.05, 0) is 37.8 Å². The number of nitrogen functional groups attached to an aromatic ring is 1. The van der Waals surface area contributed by atoms with Crippen LogP contribution in [0.1, 0.15) is 39.0 Å². The first-order valence-electron chi connectivity index (χ1n) is 7.48. The highest BCUT2D eigenvalue weighted by Crippen LogP contribution is 2.21. The van der Waals surface area contributed by atoms with E-state index in [9.17, 15) is 4.79 Å². The van der Waals surface area contributed by atoms with Gasteiger partial charge in [0.05, 0.1) is 0 Å². The zero-order chi connectivity index (χ0) is 14.4. The Kier molecular flexibility index (Phi) is 5.27. The predicted molar refractivity (Wildman–Crippen MR) is 80.6 cm³/mol. The molecule has 1 aliphatic heterocycles. The SMILES string of the molecule is CCCC1CCCCN1C(=O)COc1cccc(N)c1. The van der Waals surface area contributed by atoms with Crippen molar-refractivity contribution >= 4 is 11.6 Å². The average Bonchev–Trinajstić information content (AvgIpc) is 2.46. The second-order valence-corrected chi connectivity index (χ2v) is 5.39. The summed E-state index contributed by atoms with van der Waals surface area (Å²) in [7, 11) is 0. The molecule has 1 unspecified atom stereocenters. The van der Waals surface area contributed by atoms with Crippen molar-refractivity contribution in [3.63, 3.8) is 0 Å². The van der Waals surface area contributed by atoms with Crippen molar-refractivity contribution < 1.29 is 9.53 Å². The number of nitrogens with two attached hydrogens (primary N) is 1. The molecular formula is C16H24N2O2. The first-order valence-corrected chi connectivity index (χ1v) is 7.48. The summed E-state index contributed by atoms with van der Waals surface area (Å²) in [6, 6.07) is 7.59. The molecule has 1 fully saturated rings. The van der Waals surface area contributed by atoms with Gasteiger partial charge < -0.3 is 15.4 Å². The molecule has 20 heavy (non-hydrogen) atoms. The minimum absolute atomic E-state index is 0.0885. The number of carbonyl (C=O) groups is 1. The topological polar surface area (TPSA) is 55.6 Å². The fourth-order valence-electron chi connectivity index (χ4n) is 2.79. The minimum atomic E-state index is 0.0885. The van der Waals surface area contributed by atoms with E-state index in [4.69, 9.17) is 10.5 Å². The number of nitrogens with zero attached hydrogens (tertiary/aromatic N) is 1. The zero-order valence-electron chi connectivity index (χ0n) is 12.2. The Morgan fingerprint density at radius 3 is 3.05 bits per heavy atom. The number of ether oxygens (including phenoxy) is 1. The van der Waals surface area contributed by atoms with Gasteiger partial charge in [-0.1, -0.05) is 19.4 Å². The van der Waals surface area contributed by atoms with Gasteiger partial charge in [0.25, 0.3) is 5.91 Å². The van der Waals surface area contributed by atoms with Crippen molar-refractivity contribution in [2.24, 2.45) is 0 Å². The monoisotopic (exact) mass is 276 g/mol. The fourth-order valence-corrected chi connectivity index (χ4v) is 2.79. The molecular weight excluding hydrogens is 252 g/mol. The van der Waals surface area contributed by atoms with Gasteiger partial charge in [0.15, 0.2) is 6.61 Å². The molecule has 1 heterocycles. The summed E-state index contributed by atoms with van der Waals surface area (Å²) in [6.07, 6.45) is 5.65. The summed E-state index contributed by atoms with van der Waals surface area (Å²) in [6.45, 7) is 3.13. The number of hydrogen-bond donors (Lipinski definition) is 1. The standard InChI is InChI=1S/C16H24N2O2/c1-2-6-14-8-3-4-10-18(14)16(19)12-20-15-9-5-7-13(17)11-15/h5,7,9,11,14H,2-4,6,8,10,12,17H2,1H3. The molecule has 4 nitrogen and oxygen atoms in total. The van der Waals surface area contributed by atoms with Crippen LogP contribution < -0.4 is 10.5 Å². The van der Waals surface area contributed by atoms with Crippen molar-refractivity contribution in [2.45, 2.75) is 45.1 Å². The predicted octanol–water partition coefficient (Wildman–Crippen LogP) is 2.83. The van der Waals surface area contributed by atoms with Crippen LogP contribution in [0.15, 0.2) is 24.3 Å². The molecule has 1 amide bonds. The molecule has 0 aliphatic carbocycles. The van der Waals surface area contributed by atoms with E-state index in [2.05, 4.69) is 6.92 Å². The van der Waals surface area contributed by atoms with Crippen LogP contribution in [-0.2, 0) is 4.79 Å². The Hall–Kier alpha value is -1.71. The van der Waals surface area contributed by atoms with Crippen LogP contribution in [0.5, 0.6) is 5.75 Å². The van der Waals surface area contributed by atoms with Crippen LogP contribution in [0.25, 0.3) is 0 Å². The van der Waals surface area contributed by atoms with Gasteiger partial charge in [0.1, 0.15) is 5.75 Å². The number of carbonyl (C=O) groups excluding carboxylic acids is 1. The zero-order valence-corrected chi connectivity index (χ0v) is 12.2. The van der Waals surface area contributed by atoms with E-state index in [1.807, 2.05) is 17.0 Å². The Morgan fingerprint density at radius 2 is 2.30 bits per heavy atom. The molecule has 0 bridgehead atoms. The van der Waals surface area contributed by atoms with Gasteiger partial charge in [-0.25, -0.2) is 0 Å². The molecule has 1 aliphatic rings. The van der Waals surface area contributed by atoms with Gasteiger partial charge in [-0.2, -0.15) is 0 Å². The van der Waals surface area contributed by atoms with Gasteiger partial charge in [-0.3, -0.25) is 4.79 Å². The summed E-state index contributed by atoms with van der Waals surface area (Å²) in [4.78, 5) is 14.3. The highest BCUT2D eigenvalue weighted by Gasteiger charge is 2.25. The molecule has 110 valence electrons. The van der Waals surface area contributed by atoms with Crippen LogP contribution in [0.2, 0.25) is 0 Å². The first-order chi connectivity index (χ1) is 9.70. The third kappa shape index (κ3) is 3.89. The lowest BCUT2D eigenvalue weighted by Gasteiger charge is -2.35.